The van der Waals surface area contributed by atoms with Crippen LogP contribution in [0.5, 0.6) is 0 Å². The largest absolute Gasteiger partial charge is 0.377 e. The van der Waals surface area contributed by atoms with Gasteiger partial charge in [-0.3, -0.25) is 0 Å². The number of ether oxygens (including phenoxy) is 1. The molecule has 2 aliphatic heterocycles. The second-order valence-corrected chi connectivity index (χ2v) is 3.45. The first-order valence-electron chi connectivity index (χ1n) is 3.87. The summed E-state index contributed by atoms with van der Waals surface area (Å²) in [5.74, 6) is 0. The molecule has 2 N–H and O–H groups in total. The van der Waals surface area contributed by atoms with Crippen molar-refractivity contribution in [2.75, 3.05) is 26.3 Å². The lowest BCUT2D eigenvalue weighted by atomic mass is 9.94. The Balaban J connectivity index is 1.96. The van der Waals surface area contributed by atoms with Gasteiger partial charge in [0, 0.05) is 19.1 Å². The third-order valence-corrected chi connectivity index (χ3v) is 2.22. The summed E-state index contributed by atoms with van der Waals surface area (Å²) in [6.07, 6.45) is 0. The molecule has 0 unspecified atom stereocenters. The van der Waals surface area contributed by atoms with Crippen molar-refractivity contribution in [2.45, 2.75) is 18.5 Å². The van der Waals surface area contributed by atoms with Gasteiger partial charge in [0.25, 0.3) is 0 Å². The van der Waals surface area contributed by atoms with Crippen LogP contribution in [-0.4, -0.2) is 37.9 Å². The van der Waals surface area contributed by atoms with E-state index in [-0.39, 0.29) is 5.54 Å². The normalized spacial score (nSPS) is 37.5. The quantitative estimate of drug-likeness (QED) is 0.471. The second-order valence-electron chi connectivity index (χ2n) is 3.45. The van der Waals surface area contributed by atoms with Crippen LogP contribution in [0.15, 0.2) is 0 Å². The molecule has 58 valence electrons. The second kappa shape index (κ2) is 2.19. The zero-order chi connectivity index (χ0) is 7.03. The molecule has 0 saturated carbocycles. The minimum atomic E-state index is 0.289. The SMILES string of the molecule is C[C@H]1CNCC2(COC2)N1. The van der Waals surface area contributed by atoms with Crippen LogP contribution in [0.25, 0.3) is 0 Å². The van der Waals surface area contributed by atoms with Gasteiger partial charge in [-0.25, -0.2) is 0 Å². The Morgan fingerprint density at radius 1 is 1.50 bits per heavy atom. The molecule has 3 heteroatoms. The summed E-state index contributed by atoms with van der Waals surface area (Å²) in [6.45, 7) is 6.11. The number of rotatable bonds is 0. The van der Waals surface area contributed by atoms with Crippen LogP contribution in [0.2, 0.25) is 0 Å². The van der Waals surface area contributed by atoms with Crippen molar-refractivity contribution in [2.24, 2.45) is 0 Å². The molecule has 0 radical (unpaired) electrons. The van der Waals surface area contributed by atoms with Crippen molar-refractivity contribution in [1.29, 1.82) is 0 Å². The molecule has 10 heavy (non-hydrogen) atoms. The maximum Gasteiger partial charge on any atom is 0.0782 e. The van der Waals surface area contributed by atoms with E-state index in [1.165, 1.54) is 0 Å². The highest BCUT2D eigenvalue weighted by Crippen LogP contribution is 2.18. The lowest BCUT2D eigenvalue weighted by molar-refractivity contribution is -0.0851. The van der Waals surface area contributed by atoms with E-state index >= 15 is 0 Å². The number of hydrogen-bond donors (Lipinski definition) is 2. The van der Waals surface area contributed by atoms with Crippen LogP contribution < -0.4 is 10.6 Å². The third kappa shape index (κ3) is 0.944. The lowest BCUT2D eigenvalue weighted by Gasteiger charge is -2.47. The summed E-state index contributed by atoms with van der Waals surface area (Å²) in [5, 5.41) is 6.93. The molecule has 0 aromatic heterocycles. The molecule has 0 aromatic rings. The lowest BCUT2D eigenvalue weighted by Crippen LogP contribution is -2.72. The van der Waals surface area contributed by atoms with Crippen molar-refractivity contribution in [1.82, 2.24) is 10.6 Å². The first-order chi connectivity index (χ1) is 4.81. The van der Waals surface area contributed by atoms with Gasteiger partial charge in [0.05, 0.1) is 18.8 Å². The van der Waals surface area contributed by atoms with Crippen molar-refractivity contribution in [3.05, 3.63) is 0 Å². The molecular formula is C7H14N2O. The summed E-state index contributed by atoms with van der Waals surface area (Å²) in [6, 6.07) is 0.595. The van der Waals surface area contributed by atoms with Crippen molar-refractivity contribution < 1.29 is 4.74 Å². The van der Waals surface area contributed by atoms with Gasteiger partial charge in [-0.15, -0.1) is 0 Å². The van der Waals surface area contributed by atoms with Crippen molar-refractivity contribution in [3.63, 3.8) is 0 Å². The Bertz CT molecular complexity index is 134. The highest BCUT2D eigenvalue weighted by molar-refractivity contribution is 5.00. The van der Waals surface area contributed by atoms with E-state index < -0.39 is 0 Å². The zero-order valence-electron chi connectivity index (χ0n) is 6.31. The molecule has 1 spiro atoms. The molecule has 0 aliphatic carbocycles. The van der Waals surface area contributed by atoms with Crippen LogP contribution in [0, 0.1) is 0 Å². The highest BCUT2D eigenvalue weighted by Gasteiger charge is 2.41. The molecule has 0 aromatic carbocycles. The first-order valence-corrected chi connectivity index (χ1v) is 3.87. The Kier molecular flexibility index (Phi) is 1.44. The van der Waals surface area contributed by atoms with Crippen LogP contribution in [0.3, 0.4) is 0 Å². The summed E-state index contributed by atoms with van der Waals surface area (Å²) in [7, 11) is 0. The predicted octanol–water partition coefficient (Wildman–Crippen LogP) is -0.663. The third-order valence-electron chi connectivity index (χ3n) is 2.22. The van der Waals surface area contributed by atoms with E-state index in [0.717, 1.165) is 26.3 Å². The Labute approximate surface area is 61.1 Å². The van der Waals surface area contributed by atoms with Gasteiger partial charge in [-0.1, -0.05) is 0 Å². The van der Waals surface area contributed by atoms with Gasteiger partial charge in [0.15, 0.2) is 0 Å². The van der Waals surface area contributed by atoms with E-state index in [9.17, 15) is 0 Å². The first kappa shape index (κ1) is 6.58. The number of piperazine rings is 1. The molecule has 2 rings (SSSR count). The van der Waals surface area contributed by atoms with Crippen LogP contribution in [0.1, 0.15) is 6.92 Å². The van der Waals surface area contributed by atoms with Crippen LogP contribution >= 0.6 is 0 Å². The van der Waals surface area contributed by atoms with Gasteiger partial charge in [-0.05, 0) is 6.92 Å². The van der Waals surface area contributed by atoms with Crippen LogP contribution in [-0.2, 0) is 4.74 Å². The monoisotopic (exact) mass is 142 g/mol. The van der Waals surface area contributed by atoms with E-state index in [1.54, 1.807) is 0 Å². The van der Waals surface area contributed by atoms with E-state index in [0.29, 0.717) is 6.04 Å². The fourth-order valence-electron chi connectivity index (χ4n) is 1.69. The maximum absolute atomic E-state index is 5.16. The highest BCUT2D eigenvalue weighted by atomic mass is 16.5. The summed E-state index contributed by atoms with van der Waals surface area (Å²) >= 11 is 0. The molecular weight excluding hydrogens is 128 g/mol. The summed E-state index contributed by atoms with van der Waals surface area (Å²) < 4.78 is 5.16. The van der Waals surface area contributed by atoms with Gasteiger partial charge in [-0.2, -0.15) is 0 Å². The van der Waals surface area contributed by atoms with Gasteiger partial charge in [0.1, 0.15) is 0 Å². The Morgan fingerprint density at radius 3 is 2.70 bits per heavy atom. The smallest absolute Gasteiger partial charge is 0.0782 e. The van der Waals surface area contributed by atoms with E-state index in [4.69, 9.17) is 4.74 Å². The number of hydrogen-bond acceptors (Lipinski definition) is 3. The molecule has 2 aliphatic rings. The zero-order valence-corrected chi connectivity index (χ0v) is 6.31. The predicted molar refractivity (Wildman–Crippen MR) is 39.0 cm³/mol. The van der Waals surface area contributed by atoms with Crippen molar-refractivity contribution in [3.8, 4) is 0 Å². The molecule has 2 fully saturated rings. The summed E-state index contributed by atoms with van der Waals surface area (Å²) in [5.41, 5.74) is 0.289. The molecule has 2 heterocycles. The van der Waals surface area contributed by atoms with Gasteiger partial charge >= 0.3 is 0 Å². The Hall–Kier alpha value is -0.120. The van der Waals surface area contributed by atoms with Gasteiger partial charge < -0.3 is 15.4 Å². The molecule has 3 nitrogen and oxygen atoms in total. The maximum atomic E-state index is 5.16. The molecule has 2 saturated heterocycles. The van der Waals surface area contributed by atoms with E-state index in [2.05, 4.69) is 17.6 Å². The standard InChI is InChI=1S/C7H14N2O/c1-6-2-8-3-7(9-6)4-10-5-7/h6,8-9H,2-5H2,1H3/t6-/m0/s1. The average Bonchev–Trinajstić information content (AvgIpc) is 1.85. The minimum absolute atomic E-state index is 0.289. The molecule has 1 atom stereocenters. The average molecular weight is 142 g/mol. The fraction of sp³-hybridized carbons (Fsp3) is 1.00. The molecule has 0 amide bonds. The topological polar surface area (TPSA) is 33.3 Å². The van der Waals surface area contributed by atoms with Gasteiger partial charge in [0.2, 0.25) is 0 Å². The Morgan fingerprint density at radius 2 is 2.30 bits per heavy atom. The molecule has 0 bridgehead atoms. The fourth-order valence-corrected chi connectivity index (χ4v) is 1.69. The van der Waals surface area contributed by atoms with Crippen LogP contribution in [0.4, 0.5) is 0 Å². The van der Waals surface area contributed by atoms with E-state index in [1.807, 2.05) is 0 Å². The minimum Gasteiger partial charge on any atom is -0.377 e. The number of nitrogens with one attached hydrogen (secondary N) is 2. The summed E-state index contributed by atoms with van der Waals surface area (Å²) in [4.78, 5) is 0. The van der Waals surface area contributed by atoms with Crippen molar-refractivity contribution >= 4 is 0 Å².